The van der Waals surface area contributed by atoms with Crippen LogP contribution in [0.15, 0.2) is 59.0 Å². The van der Waals surface area contributed by atoms with Crippen molar-refractivity contribution in [2.45, 2.75) is 19.5 Å². The summed E-state index contributed by atoms with van der Waals surface area (Å²) in [6.07, 6.45) is 0. The molecule has 0 aliphatic carbocycles. The third-order valence-corrected chi connectivity index (χ3v) is 3.60. The standard InChI is InChI=1S/C18H16N2O/c1-13(15-8-6-14(11-19)7-9-15)20-12-17-10-16-4-2-3-5-18(16)21-17/h2-10,13,20H,12H2,1H3. The lowest BCUT2D eigenvalue weighted by molar-refractivity contribution is 0.482. The highest BCUT2D eigenvalue weighted by molar-refractivity contribution is 5.77. The van der Waals surface area contributed by atoms with Crippen LogP contribution in [0.5, 0.6) is 0 Å². The van der Waals surface area contributed by atoms with Crippen molar-refractivity contribution in [1.29, 1.82) is 5.26 Å². The van der Waals surface area contributed by atoms with Gasteiger partial charge in [0.2, 0.25) is 0 Å². The third kappa shape index (κ3) is 2.96. The van der Waals surface area contributed by atoms with E-state index in [0.29, 0.717) is 12.1 Å². The number of nitriles is 1. The Morgan fingerprint density at radius 1 is 1.14 bits per heavy atom. The van der Waals surface area contributed by atoms with E-state index in [1.807, 2.05) is 48.5 Å². The Morgan fingerprint density at radius 3 is 2.62 bits per heavy atom. The molecule has 0 amide bonds. The molecule has 1 heterocycles. The number of furan rings is 1. The molecule has 0 spiro atoms. The molecule has 3 rings (SSSR count). The Bertz CT molecular complexity index is 748. The van der Waals surface area contributed by atoms with Gasteiger partial charge in [0.05, 0.1) is 18.2 Å². The topological polar surface area (TPSA) is 49.0 Å². The number of hydrogen-bond donors (Lipinski definition) is 1. The molecular weight excluding hydrogens is 260 g/mol. The molecule has 3 heteroatoms. The van der Waals surface area contributed by atoms with Gasteiger partial charge in [-0.3, -0.25) is 0 Å². The van der Waals surface area contributed by atoms with Crippen LogP contribution in [0.25, 0.3) is 11.0 Å². The summed E-state index contributed by atoms with van der Waals surface area (Å²) in [7, 11) is 0. The van der Waals surface area contributed by atoms with Gasteiger partial charge < -0.3 is 9.73 Å². The van der Waals surface area contributed by atoms with Gasteiger partial charge in [-0.1, -0.05) is 30.3 Å². The monoisotopic (exact) mass is 276 g/mol. The summed E-state index contributed by atoms with van der Waals surface area (Å²) >= 11 is 0. The molecule has 0 saturated heterocycles. The predicted molar refractivity (Wildman–Crippen MR) is 82.6 cm³/mol. The molecule has 2 aromatic carbocycles. The van der Waals surface area contributed by atoms with E-state index in [0.717, 1.165) is 22.3 Å². The van der Waals surface area contributed by atoms with Crippen LogP contribution >= 0.6 is 0 Å². The smallest absolute Gasteiger partial charge is 0.134 e. The van der Waals surface area contributed by atoms with Crippen LogP contribution in [0.1, 0.15) is 29.9 Å². The van der Waals surface area contributed by atoms with Gasteiger partial charge in [-0.15, -0.1) is 0 Å². The summed E-state index contributed by atoms with van der Waals surface area (Å²) < 4.78 is 5.79. The summed E-state index contributed by atoms with van der Waals surface area (Å²) in [4.78, 5) is 0. The van der Waals surface area contributed by atoms with Crippen LogP contribution in [-0.4, -0.2) is 0 Å². The average Bonchev–Trinajstić information content (AvgIpc) is 2.95. The molecular formula is C18H16N2O. The quantitative estimate of drug-likeness (QED) is 0.778. The van der Waals surface area contributed by atoms with Crippen LogP contribution in [0.2, 0.25) is 0 Å². The van der Waals surface area contributed by atoms with Gasteiger partial charge >= 0.3 is 0 Å². The Kier molecular flexibility index (Phi) is 3.72. The molecule has 0 bridgehead atoms. The van der Waals surface area contributed by atoms with E-state index in [9.17, 15) is 0 Å². The minimum Gasteiger partial charge on any atom is -0.460 e. The van der Waals surface area contributed by atoms with Crippen molar-refractivity contribution in [2.24, 2.45) is 0 Å². The highest BCUT2D eigenvalue weighted by Gasteiger charge is 2.07. The lowest BCUT2D eigenvalue weighted by Gasteiger charge is -2.13. The molecule has 1 unspecified atom stereocenters. The fourth-order valence-corrected chi connectivity index (χ4v) is 2.34. The van der Waals surface area contributed by atoms with Crippen molar-refractivity contribution in [3.8, 4) is 6.07 Å². The van der Waals surface area contributed by atoms with Crippen molar-refractivity contribution in [2.75, 3.05) is 0 Å². The van der Waals surface area contributed by atoms with Crippen LogP contribution < -0.4 is 5.32 Å². The van der Waals surface area contributed by atoms with Crippen molar-refractivity contribution in [1.82, 2.24) is 5.32 Å². The van der Waals surface area contributed by atoms with Crippen molar-refractivity contribution in [3.63, 3.8) is 0 Å². The van der Waals surface area contributed by atoms with Crippen molar-refractivity contribution < 1.29 is 4.42 Å². The summed E-state index contributed by atoms with van der Waals surface area (Å²) in [5.41, 5.74) is 2.76. The number of nitrogens with one attached hydrogen (secondary N) is 1. The number of fused-ring (bicyclic) bond motifs is 1. The predicted octanol–water partition coefficient (Wildman–Crippen LogP) is 4.16. The molecule has 0 radical (unpaired) electrons. The Labute approximate surface area is 123 Å². The first-order chi connectivity index (χ1) is 10.3. The van der Waals surface area contributed by atoms with Gasteiger partial charge in [0.25, 0.3) is 0 Å². The lowest BCUT2D eigenvalue weighted by Crippen LogP contribution is -2.17. The summed E-state index contributed by atoms with van der Waals surface area (Å²) in [5, 5.41) is 13.4. The number of para-hydroxylation sites is 1. The second kappa shape index (κ2) is 5.82. The molecule has 0 aliphatic rings. The first-order valence-corrected chi connectivity index (χ1v) is 6.97. The number of hydrogen-bond acceptors (Lipinski definition) is 3. The Morgan fingerprint density at radius 2 is 1.90 bits per heavy atom. The highest BCUT2D eigenvalue weighted by Crippen LogP contribution is 2.20. The van der Waals surface area contributed by atoms with Crippen LogP contribution in [0, 0.1) is 11.3 Å². The zero-order valence-corrected chi connectivity index (χ0v) is 11.8. The van der Waals surface area contributed by atoms with Gasteiger partial charge in [-0.05, 0) is 36.8 Å². The van der Waals surface area contributed by atoms with Gasteiger partial charge in [0.1, 0.15) is 11.3 Å². The normalized spacial score (nSPS) is 12.2. The first kappa shape index (κ1) is 13.4. The largest absolute Gasteiger partial charge is 0.460 e. The van der Waals surface area contributed by atoms with Crippen molar-refractivity contribution >= 4 is 11.0 Å². The molecule has 21 heavy (non-hydrogen) atoms. The van der Waals surface area contributed by atoms with E-state index in [4.69, 9.17) is 9.68 Å². The SMILES string of the molecule is CC(NCc1cc2ccccc2o1)c1ccc(C#N)cc1. The van der Waals surface area contributed by atoms with E-state index < -0.39 is 0 Å². The van der Waals surface area contributed by atoms with E-state index in [1.165, 1.54) is 0 Å². The number of benzene rings is 2. The van der Waals surface area contributed by atoms with Gasteiger partial charge in [0.15, 0.2) is 0 Å². The maximum absolute atomic E-state index is 8.81. The first-order valence-electron chi connectivity index (χ1n) is 6.97. The molecule has 1 N–H and O–H groups in total. The molecule has 1 atom stereocenters. The number of rotatable bonds is 4. The molecule has 0 fully saturated rings. The van der Waals surface area contributed by atoms with Crippen LogP contribution in [0.3, 0.4) is 0 Å². The molecule has 0 aliphatic heterocycles. The Hall–Kier alpha value is -2.57. The van der Waals surface area contributed by atoms with E-state index in [2.05, 4.69) is 24.4 Å². The second-order valence-electron chi connectivity index (χ2n) is 5.09. The molecule has 3 nitrogen and oxygen atoms in total. The number of nitrogens with zero attached hydrogens (tertiary/aromatic N) is 1. The van der Waals surface area contributed by atoms with Crippen molar-refractivity contribution in [3.05, 3.63) is 71.5 Å². The second-order valence-corrected chi connectivity index (χ2v) is 5.09. The fourth-order valence-electron chi connectivity index (χ4n) is 2.34. The fraction of sp³-hybridized carbons (Fsp3) is 0.167. The summed E-state index contributed by atoms with van der Waals surface area (Å²) in [6.45, 7) is 2.78. The maximum atomic E-state index is 8.81. The lowest BCUT2D eigenvalue weighted by atomic mass is 10.1. The van der Waals surface area contributed by atoms with Gasteiger partial charge in [-0.2, -0.15) is 5.26 Å². The van der Waals surface area contributed by atoms with Crippen LogP contribution in [-0.2, 0) is 6.54 Å². The van der Waals surface area contributed by atoms with Gasteiger partial charge in [0, 0.05) is 11.4 Å². The maximum Gasteiger partial charge on any atom is 0.134 e. The molecule has 1 aromatic heterocycles. The van der Waals surface area contributed by atoms with E-state index in [1.54, 1.807) is 0 Å². The molecule has 3 aromatic rings. The minimum atomic E-state index is 0.200. The van der Waals surface area contributed by atoms with E-state index in [-0.39, 0.29) is 6.04 Å². The average molecular weight is 276 g/mol. The third-order valence-electron chi connectivity index (χ3n) is 3.60. The van der Waals surface area contributed by atoms with Gasteiger partial charge in [-0.25, -0.2) is 0 Å². The molecule has 104 valence electrons. The van der Waals surface area contributed by atoms with E-state index >= 15 is 0 Å². The zero-order chi connectivity index (χ0) is 14.7. The van der Waals surface area contributed by atoms with Crippen LogP contribution in [0.4, 0.5) is 0 Å². The highest BCUT2D eigenvalue weighted by atomic mass is 16.3. The Balaban J connectivity index is 1.67. The summed E-state index contributed by atoms with van der Waals surface area (Å²) in [6, 6.07) is 20.0. The summed E-state index contributed by atoms with van der Waals surface area (Å²) in [5.74, 6) is 0.927. The molecule has 0 saturated carbocycles. The minimum absolute atomic E-state index is 0.200. The zero-order valence-electron chi connectivity index (χ0n) is 11.8.